The summed E-state index contributed by atoms with van der Waals surface area (Å²) in [4.78, 5) is 7.70. The van der Waals surface area contributed by atoms with Crippen molar-refractivity contribution in [2.45, 2.75) is 40.2 Å². The molecule has 0 aromatic carbocycles. The molecule has 0 amide bonds. The van der Waals surface area contributed by atoms with Crippen LogP contribution in [0.25, 0.3) is 0 Å². The molecule has 0 aromatic rings. The van der Waals surface area contributed by atoms with Crippen LogP contribution in [-0.2, 0) is 0 Å². The van der Waals surface area contributed by atoms with Crippen molar-refractivity contribution in [3.05, 3.63) is 0 Å². The Morgan fingerprint density at radius 1 is 1.28 bits per heavy atom. The van der Waals surface area contributed by atoms with E-state index in [0.29, 0.717) is 0 Å². The first-order valence-electron chi connectivity index (χ1n) is 7.67. The van der Waals surface area contributed by atoms with Gasteiger partial charge in [-0.25, -0.2) is 0 Å². The molecular formula is C15H33N3. The van der Waals surface area contributed by atoms with E-state index < -0.39 is 0 Å². The lowest BCUT2D eigenvalue weighted by atomic mass is 10.1. The van der Waals surface area contributed by atoms with Crippen LogP contribution in [0.5, 0.6) is 0 Å². The van der Waals surface area contributed by atoms with E-state index in [-0.39, 0.29) is 0 Å². The second-order valence-corrected chi connectivity index (χ2v) is 6.29. The number of piperazine rings is 1. The molecule has 1 saturated heterocycles. The molecule has 0 unspecified atom stereocenters. The average molecular weight is 255 g/mol. The quantitative estimate of drug-likeness (QED) is 0.689. The van der Waals surface area contributed by atoms with E-state index in [0.717, 1.165) is 18.5 Å². The Morgan fingerprint density at radius 2 is 2.00 bits per heavy atom. The van der Waals surface area contributed by atoms with Crippen molar-refractivity contribution in [3.8, 4) is 0 Å². The maximum absolute atomic E-state index is 2.67. The van der Waals surface area contributed by atoms with Crippen LogP contribution in [0.3, 0.4) is 0 Å². The van der Waals surface area contributed by atoms with Crippen LogP contribution in [0.1, 0.15) is 34.1 Å². The normalized spacial score (nSPS) is 23.2. The monoisotopic (exact) mass is 255 g/mol. The van der Waals surface area contributed by atoms with Crippen molar-refractivity contribution in [2.75, 3.05) is 52.9 Å². The van der Waals surface area contributed by atoms with E-state index in [1.54, 1.807) is 0 Å². The van der Waals surface area contributed by atoms with E-state index in [9.17, 15) is 0 Å². The summed E-state index contributed by atoms with van der Waals surface area (Å²) in [5.41, 5.74) is 0. The second-order valence-electron chi connectivity index (χ2n) is 6.29. The third-order valence-electron chi connectivity index (χ3n) is 4.00. The molecule has 0 radical (unpaired) electrons. The summed E-state index contributed by atoms with van der Waals surface area (Å²) in [6, 6.07) is 0.726. The summed E-state index contributed by atoms with van der Waals surface area (Å²) in [7, 11) is 2.21. The molecule has 18 heavy (non-hydrogen) atoms. The van der Waals surface area contributed by atoms with Crippen LogP contribution in [-0.4, -0.2) is 73.6 Å². The highest BCUT2D eigenvalue weighted by atomic mass is 15.3. The van der Waals surface area contributed by atoms with Crippen molar-refractivity contribution >= 4 is 0 Å². The third-order valence-corrected chi connectivity index (χ3v) is 4.00. The van der Waals surface area contributed by atoms with E-state index in [2.05, 4.69) is 49.4 Å². The molecule has 0 aliphatic carbocycles. The van der Waals surface area contributed by atoms with Gasteiger partial charge in [-0.15, -0.1) is 0 Å². The Labute approximate surface area is 114 Å². The smallest absolute Gasteiger partial charge is 0.0195 e. The molecule has 1 aliphatic heterocycles. The molecule has 0 aromatic heterocycles. The Bertz CT molecular complexity index is 218. The molecular weight excluding hydrogens is 222 g/mol. The highest BCUT2D eigenvalue weighted by Gasteiger charge is 2.23. The topological polar surface area (TPSA) is 9.72 Å². The van der Waals surface area contributed by atoms with Crippen LogP contribution in [0.15, 0.2) is 0 Å². The Hall–Kier alpha value is -0.120. The van der Waals surface area contributed by atoms with Gasteiger partial charge in [0.15, 0.2) is 0 Å². The molecule has 3 nitrogen and oxygen atoms in total. The van der Waals surface area contributed by atoms with Crippen LogP contribution in [0, 0.1) is 5.92 Å². The van der Waals surface area contributed by atoms with Gasteiger partial charge in [0.2, 0.25) is 0 Å². The molecule has 1 atom stereocenters. The van der Waals surface area contributed by atoms with Crippen molar-refractivity contribution in [1.82, 2.24) is 14.7 Å². The highest BCUT2D eigenvalue weighted by molar-refractivity contribution is 4.79. The summed E-state index contributed by atoms with van der Waals surface area (Å²) in [6.07, 6.45) is 1.30. The molecule has 108 valence electrons. The largest absolute Gasteiger partial charge is 0.307 e. The van der Waals surface area contributed by atoms with E-state index in [1.165, 1.54) is 45.7 Å². The zero-order valence-corrected chi connectivity index (χ0v) is 13.2. The van der Waals surface area contributed by atoms with E-state index in [4.69, 9.17) is 0 Å². The minimum atomic E-state index is 0.726. The molecule has 1 fully saturated rings. The van der Waals surface area contributed by atoms with Gasteiger partial charge in [-0.05, 0) is 45.9 Å². The third kappa shape index (κ3) is 5.68. The fourth-order valence-electron chi connectivity index (χ4n) is 2.79. The van der Waals surface area contributed by atoms with Crippen molar-refractivity contribution in [2.24, 2.45) is 5.92 Å². The fourth-order valence-corrected chi connectivity index (χ4v) is 2.79. The van der Waals surface area contributed by atoms with Gasteiger partial charge in [0.05, 0.1) is 0 Å². The van der Waals surface area contributed by atoms with Crippen LogP contribution in [0.4, 0.5) is 0 Å². The summed E-state index contributed by atoms with van der Waals surface area (Å²) in [6.45, 7) is 17.9. The minimum absolute atomic E-state index is 0.726. The van der Waals surface area contributed by atoms with Gasteiger partial charge in [-0.3, -0.25) is 4.90 Å². The number of rotatable bonds is 7. The Balaban J connectivity index is 2.21. The van der Waals surface area contributed by atoms with Gasteiger partial charge in [-0.2, -0.15) is 0 Å². The average Bonchev–Trinajstić information content (AvgIpc) is 2.31. The lowest BCUT2D eigenvalue weighted by Gasteiger charge is -2.40. The summed E-state index contributed by atoms with van der Waals surface area (Å²) < 4.78 is 0. The molecule has 0 spiro atoms. The minimum Gasteiger partial charge on any atom is -0.307 e. The first kappa shape index (κ1) is 15.9. The van der Waals surface area contributed by atoms with Gasteiger partial charge < -0.3 is 9.80 Å². The zero-order valence-electron chi connectivity index (χ0n) is 13.2. The van der Waals surface area contributed by atoms with E-state index >= 15 is 0 Å². The molecule has 1 aliphatic rings. The van der Waals surface area contributed by atoms with Crippen LogP contribution < -0.4 is 0 Å². The first-order chi connectivity index (χ1) is 8.52. The number of nitrogens with zero attached hydrogens (tertiary/aromatic N) is 3. The Morgan fingerprint density at radius 3 is 2.56 bits per heavy atom. The van der Waals surface area contributed by atoms with Gasteiger partial charge in [0.25, 0.3) is 0 Å². The SMILES string of the molecule is CCN(C)CCCN1CCN(CC(C)C)C[C@@H]1C. The lowest BCUT2D eigenvalue weighted by molar-refractivity contribution is 0.0736. The molecule has 3 heteroatoms. The number of hydrogen-bond acceptors (Lipinski definition) is 3. The summed E-state index contributed by atoms with van der Waals surface area (Å²) >= 11 is 0. The first-order valence-corrected chi connectivity index (χ1v) is 7.67. The predicted molar refractivity (Wildman–Crippen MR) is 80.1 cm³/mol. The zero-order chi connectivity index (χ0) is 13.5. The number of hydrogen-bond donors (Lipinski definition) is 0. The van der Waals surface area contributed by atoms with E-state index in [1.807, 2.05) is 0 Å². The van der Waals surface area contributed by atoms with Crippen molar-refractivity contribution < 1.29 is 0 Å². The highest BCUT2D eigenvalue weighted by Crippen LogP contribution is 2.11. The standard InChI is InChI=1S/C15H33N3/c1-6-16(5)8-7-9-18-11-10-17(12-14(2)3)13-15(18)4/h14-15H,6-13H2,1-5H3/t15-/m0/s1. The Kier molecular flexibility index (Phi) is 7.20. The molecule has 0 saturated carbocycles. The lowest BCUT2D eigenvalue weighted by Crippen LogP contribution is -2.52. The molecule has 1 rings (SSSR count). The van der Waals surface area contributed by atoms with Gasteiger partial charge in [-0.1, -0.05) is 20.8 Å². The molecule has 0 N–H and O–H groups in total. The van der Waals surface area contributed by atoms with Gasteiger partial charge in [0.1, 0.15) is 0 Å². The maximum Gasteiger partial charge on any atom is 0.0195 e. The molecule has 1 heterocycles. The van der Waals surface area contributed by atoms with Gasteiger partial charge >= 0.3 is 0 Å². The summed E-state index contributed by atoms with van der Waals surface area (Å²) in [5, 5.41) is 0. The second kappa shape index (κ2) is 8.13. The summed E-state index contributed by atoms with van der Waals surface area (Å²) in [5.74, 6) is 0.793. The van der Waals surface area contributed by atoms with Crippen LogP contribution >= 0.6 is 0 Å². The fraction of sp³-hybridized carbons (Fsp3) is 1.00. The predicted octanol–water partition coefficient (Wildman–Crippen LogP) is 1.99. The van der Waals surface area contributed by atoms with Crippen molar-refractivity contribution in [1.29, 1.82) is 0 Å². The van der Waals surface area contributed by atoms with Gasteiger partial charge in [0, 0.05) is 32.2 Å². The van der Waals surface area contributed by atoms with Crippen LogP contribution in [0.2, 0.25) is 0 Å². The van der Waals surface area contributed by atoms with Crippen molar-refractivity contribution in [3.63, 3.8) is 0 Å². The molecule has 0 bridgehead atoms. The maximum atomic E-state index is 2.67.